The van der Waals surface area contributed by atoms with Crippen molar-refractivity contribution in [3.05, 3.63) is 0 Å². The Balaban J connectivity index is -0.0000000369. The summed E-state index contributed by atoms with van der Waals surface area (Å²) in [5, 5.41) is 0. The van der Waals surface area contributed by atoms with Gasteiger partial charge in [-0.1, -0.05) is 0 Å². The fourth-order valence-electron chi connectivity index (χ4n) is 0. The lowest BCUT2D eigenvalue weighted by Crippen LogP contribution is -1.19. The van der Waals surface area contributed by atoms with Gasteiger partial charge in [-0.05, 0) is 11.0 Å². The summed E-state index contributed by atoms with van der Waals surface area (Å²) in [6.07, 6.45) is 0. The van der Waals surface area contributed by atoms with Gasteiger partial charge in [0.2, 0.25) is 0 Å². The van der Waals surface area contributed by atoms with E-state index in [0.717, 1.165) is 0 Å². The lowest BCUT2D eigenvalue weighted by Gasteiger charge is -1.35. The molecule has 0 rings (SSSR count). The van der Waals surface area contributed by atoms with Crippen LogP contribution in [0.2, 0.25) is 0 Å². The van der Waals surface area contributed by atoms with Gasteiger partial charge in [0.15, 0.2) is 0 Å². The Kier molecular flexibility index (Phi) is 43.8. The number of rotatable bonds is 0. The monoisotopic (exact) mass is 352 g/mol. The fraction of sp³-hybridized carbons (Fsp3) is 0. The van der Waals surface area contributed by atoms with Crippen molar-refractivity contribution in [3.8, 4) is 0 Å². The molecule has 12 nitrogen and oxygen atoms in total. The summed E-state index contributed by atoms with van der Waals surface area (Å²) in [4.78, 5) is 28.0. The van der Waals surface area contributed by atoms with Crippen molar-refractivity contribution in [2.75, 3.05) is 0 Å². The Hall–Kier alpha value is -0.343. The molecule has 0 aromatic rings. The lowest BCUT2D eigenvalue weighted by molar-refractivity contribution is 0.432. The fourth-order valence-corrected chi connectivity index (χ4v) is 0. The third kappa shape index (κ3) is 24800. The average molecular weight is 352 g/mol. The molecule has 0 aliphatic rings. The first kappa shape index (κ1) is 30.0. The highest BCUT2D eigenvalue weighted by atomic mass is 31.1. The van der Waals surface area contributed by atoms with Crippen LogP contribution < -0.4 is 0 Å². The normalized spacial score (nSPS) is 5.88. The van der Waals surface area contributed by atoms with E-state index in [-0.39, 0.29) is 11.0 Å². The third-order valence-electron chi connectivity index (χ3n) is 0. The van der Waals surface area contributed by atoms with Crippen LogP contribution in [0.3, 0.4) is 0 Å². The maximum Gasteiger partial charge on any atom is 0.465 e. The second-order valence-electron chi connectivity index (χ2n) is 0.951. The molecule has 17 heavy (non-hydrogen) atoms. The highest BCUT2D eigenvalue weighted by Crippen LogP contribution is 1.85. The van der Waals surface area contributed by atoms with Gasteiger partial charge in [0.1, 0.15) is 0 Å². The Morgan fingerprint density at radius 1 is 0.412 bits per heavy atom. The Bertz CT molecular complexity index is 292. The van der Waals surface area contributed by atoms with E-state index in [1.54, 1.807) is 0 Å². The Labute approximate surface area is 99.3 Å². The predicted octanol–water partition coefficient (Wildman–Crippen LogP) is -1.19. The minimum atomic E-state index is -3.12. The zero-order valence-corrected chi connectivity index (χ0v) is 10.4. The van der Waals surface area contributed by atoms with Crippen LogP contribution in [0.5, 0.6) is 0 Å². The Morgan fingerprint density at radius 3 is 0.412 bits per heavy atom. The highest BCUT2D eigenvalue weighted by molar-refractivity contribution is 7.23. The van der Waals surface area contributed by atoms with Gasteiger partial charge in [-0.3, -0.25) is 19.6 Å². The molecule has 0 saturated heterocycles. The van der Waals surface area contributed by atoms with Gasteiger partial charge in [0.25, 0.3) is 0 Å². The van der Waals surface area contributed by atoms with Crippen molar-refractivity contribution in [3.63, 3.8) is 0 Å². The van der Waals surface area contributed by atoms with Crippen LogP contribution >= 0.6 is 31.6 Å². The average Bonchev–Trinajstić information content (AvgIpc) is 1.76. The molecule has 0 heterocycles. The first-order valence-corrected chi connectivity index (χ1v) is 6.78. The molecule has 0 aromatic heterocycles. The smallest absolute Gasteiger partial charge is 0.287 e. The second-order valence-corrected chi connectivity index (χ2v) is 2.85. The maximum atomic E-state index is 8.59. The molecule has 0 fully saturated rings. The summed E-state index contributed by atoms with van der Waals surface area (Å²) in [7, 11) is -12.5. The largest absolute Gasteiger partial charge is 0.465 e. The van der Waals surface area contributed by atoms with Gasteiger partial charge < -0.3 is 0 Å². The van der Waals surface area contributed by atoms with Gasteiger partial charge >= 0.3 is 31.6 Å². The van der Waals surface area contributed by atoms with E-state index >= 15 is 0 Å². The summed E-state index contributed by atoms with van der Waals surface area (Å²) >= 11 is 0. The molecule has 0 spiro atoms. The van der Waals surface area contributed by atoms with Crippen LogP contribution in [0, 0.1) is 0 Å². The molecule has 0 aliphatic heterocycles. The van der Waals surface area contributed by atoms with E-state index in [1.807, 2.05) is 0 Å². The molecule has 4 N–H and O–H groups in total. The summed E-state index contributed by atoms with van der Waals surface area (Å²) in [6, 6.07) is 0. The maximum absolute atomic E-state index is 8.59. The van der Waals surface area contributed by atoms with E-state index in [4.69, 9.17) is 56.1 Å². The minimum Gasteiger partial charge on any atom is -0.287 e. The number of hydrogen-bond donors (Lipinski definition) is 4. The van der Waals surface area contributed by atoms with E-state index in [9.17, 15) is 0 Å². The first-order chi connectivity index (χ1) is 6.93. The molecule has 17 heteroatoms. The quantitative estimate of drug-likeness (QED) is 0.299. The van der Waals surface area contributed by atoms with Crippen molar-refractivity contribution >= 4 is 42.6 Å². The molecule has 0 aliphatic carbocycles. The van der Waals surface area contributed by atoms with Crippen LogP contribution in [-0.4, -0.2) is 30.5 Å². The molecular weight excluding hydrogens is 344 g/mol. The van der Waals surface area contributed by atoms with Crippen molar-refractivity contribution < 1.29 is 56.1 Å². The van der Waals surface area contributed by atoms with Crippen molar-refractivity contribution in [1.82, 2.24) is 0 Å². The van der Waals surface area contributed by atoms with E-state index in [2.05, 4.69) is 0 Å². The standard InChI is InChI=1S/4HO3P.H4Si/c4*1-4(2)3;/h4*(H,1,2,3);1H4. The lowest BCUT2D eigenvalue weighted by atomic mass is 15.9. The van der Waals surface area contributed by atoms with E-state index < -0.39 is 31.6 Å². The van der Waals surface area contributed by atoms with Crippen molar-refractivity contribution in [2.24, 2.45) is 0 Å². The SMILES string of the molecule is O=P(=O)O.O=P(=O)O.O=P(=O)O.O=P(=O)O.[SiH4]. The van der Waals surface area contributed by atoms with Gasteiger partial charge in [-0.2, -0.15) is 0 Å². The van der Waals surface area contributed by atoms with Gasteiger partial charge in [0, 0.05) is 0 Å². The minimum absolute atomic E-state index is 0. The first-order valence-electron chi connectivity index (χ1n) is 2.26. The van der Waals surface area contributed by atoms with E-state index in [1.165, 1.54) is 0 Å². The predicted molar refractivity (Wildman–Crippen MR) is 53.4 cm³/mol. The van der Waals surface area contributed by atoms with Crippen LogP contribution in [0.4, 0.5) is 0 Å². The third-order valence-corrected chi connectivity index (χ3v) is 0. The molecule has 0 bridgehead atoms. The molecule has 104 valence electrons. The summed E-state index contributed by atoms with van der Waals surface area (Å²) < 4.78 is 68.7. The number of hydrogen-bond acceptors (Lipinski definition) is 8. The zero-order valence-electron chi connectivity index (χ0n) is 6.84. The van der Waals surface area contributed by atoms with Gasteiger partial charge in [0.05, 0.1) is 0 Å². The van der Waals surface area contributed by atoms with E-state index in [0.29, 0.717) is 0 Å². The van der Waals surface area contributed by atoms with Crippen molar-refractivity contribution in [1.29, 1.82) is 0 Å². The van der Waals surface area contributed by atoms with Crippen LogP contribution in [0.15, 0.2) is 0 Å². The van der Waals surface area contributed by atoms with Gasteiger partial charge in [-0.15, -0.1) is 0 Å². The van der Waals surface area contributed by atoms with Crippen molar-refractivity contribution in [2.45, 2.75) is 0 Å². The highest BCUT2D eigenvalue weighted by Gasteiger charge is 1.58. The summed E-state index contributed by atoms with van der Waals surface area (Å²) in [5.41, 5.74) is 0. The van der Waals surface area contributed by atoms with Crippen LogP contribution in [-0.2, 0) is 36.5 Å². The molecule has 0 amide bonds. The summed E-state index contributed by atoms with van der Waals surface area (Å²) in [6.45, 7) is 0. The molecule has 0 unspecified atom stereocenters. The van der Waals surface area contributed by atoms with Crippen LogP contribution in [0.1, 0.15) is 0 Å². The van der Waals surface area contributed by atoms with Crippen LogP contribution in [0.25, 0.3) is 0 Å². The zero-order chi connectivity index (χ0) is 14.3. The molecule has 0 atom stereocenters. The van der Waals surface area contributed by atoms with Gasteiger partial charge in [-0.25, -0.2) is 36.5 Å². The molecule has 0 aromatic carbocycles. The molecular formula is H8O12P4Si. The Morgan fingerprint density at radius 2 is 0.412 bits per heavy atom. The molecule has 0 saturated carbocycles. The topological polar surface area (TPSA) is 217 Å². The summed E-state index contributed by atoms with van der Waals surface area (Å²) in [5.74, 6) is 0. The second kappa shape index (κ2) is 24.8. The molecule has 0 radical (unpaired) electrons.